The molecule has 0 spiro atoms. The summed E-state index contributed by atoms with van der Waals surface area (Å²) < 4.78 is 57.4. The van der Waals surface area contributed by atoms with Crippen LogP contribution in [0.15, 0.2) is 53.5 Å². The van der Waals surface area contributed by atoms with Crippen LogP contribution in [0.5, 0.6) is 0 Å². The lowest BCUT2D eigenvalue weighted by molar-refractivity contribution is -0.201. The highest BCUT2D eigenvalue weighted by molar-refractivity contribution is 6.35. The van der Waals surface area contributed by atoms with Gasteiger partial charge in [-0.05, 0) is 36.4 Å². The molecular formula is C20H11ClF4N4O4. The van der Waals surface area contributed by atoms with Gasteiger partial charge in [-0.2, -0.15) is 18.2 Å². The van der Waals surface area contributed by atoms with Gasteiger partial charge < -0.3 is 5.32 Å². The number of nitrogens with zero attached hydrogens (tertiary/aromatic N) is 2. The largest absolute Gasteiger partial charge is 0.422 e. The van der Waals surface area contributed by atoms with E-state index in [1.54, 1.807) is 10.6 Å². The Morgan fingerprint density at radius 2 is 1.73 bits per heavy atom. The van der Waals surface area contributed by atoms with Crippen molar-refractivity contribution in [2.45, 2.75) is 11.7 Å². The number of urea groups is 1. The number of amides is 5. The Morgan fingerprint density at radius 3 is 2.33 bits per heavy atom. The smallest absolute Gasteiger partial charge is 0.329 e. The maximum atomic E-state index is 14.4. The molecule has 33 heavy (non-hydrogen) atoms. The summed E-state index contributed by atoms with van der Waals surface area (Å²) in [5.74, 6) is -9.32. The maximum absolute atomic E-state index is 14.4. The van der Waals surface area contributed by atoms with Crippen LogP contribution in [-0.2, 0) is 9.59 Å². The number of halogens is 5. The molecule has 170 valence electrons. The molecule has 2 aliphatic heterocycles. The molecule has 0 aliphatic carbocycles. The number of para-hydroxylation sites is 1. The van der Waals surface area contributed by atoms with E-state index in [0.717, 1.165) is 24.3 Å². The first-order valence-corrected chi connectivity index (χ1v) is 9.52. The highest BCUT2D eigenvalue weighted by Crippen LogP contribution is 2.44. The molecule has 0 saturated carbocycles. The summed E-state index contributed by atoms with van der Waals surface area (Å²) in [6, 6.07) is 7.90. The number of amidine groups is 1. The molecule has 0 bridgehead atoms. The van der Waals surface area contributed by atoms with Crippen molar-refractivity contribution in [3.63, 3.8) is 0 Å². The van der Waals surface area contributed by atoms with Crippen molar-refractivity contribution in [2.75, 3.05) is 4.90 Å². The molecule has 8 nitrogen and oxygen atoms in total. The summed E-state index contributed by atoms with van der Waals surface area (Å²) >= 11 is 5.72. The third-order valence-corrected chi connectivity index (χ3v) is 5.38. The van der Waals surface area contributed by atoms with Gasteiger partial charge in [-0.1, -0.05) is 23.7 Å². The number of hydrogen-bond donors (Lipinski definition) is 2. The number of carbonyl (C=O) groups excluding carboxylic acids is 4. The van der Waals surface area contributed by atoms with Crippen LogP contribution in [0.1, 0.15) is 10.4 Å². The van der Waals surface area contributed by atoms with E-state index < -0.39 is 58.7 Å². The van der Waals surface area contributed by atoms with Crippen LogP contribution in [0.2, 0.25) is 5.02 Å². The first kappa shape index (κ1) is 22.4. The summed E-state index contributed by atoms with van der Waals surface area (Å²) in [5.41, 5.74) is -4.67. The number of hydrogen-bond acceptors (Lipinski definition) is 4. The number of alkyl halides is 3. The second kappa shape index (κ2) is 7.66. The van der Waals surface area contributed by atoms with Crippen LogP contribution < -0.4 is 15.5 Å². The van der Waals surface area contributed by atoms with Crippen LogP contribution in [0.4, 0.5) is 28.0 Å². The van der Waals surface area contributed by atoms with Crippen LogP contribution >= 0.6 is 11.6 Å². The van der Waals surface area contributed by atoms with Gasteiger partial charge >= 0.3 is 12.2 Å². The van der Waals surface area contributed by atoms with Crippen molar-refractivity contribution >= 4 is 46.9 Å². The average Bonchev–Trinajstić information content (AvgIpc) is 3.03. The molecule has 1 fully saturated rings. The predicted octanol–water partition coefficient (Wildman–Crippen LogP) is 2.82. The number of nitrogens with one attached hydrogen (secondary N) is 2. The molecule has 2 N–H and O–H groups in total. The summed E-state index contributed by atoms with van der Waals surface area (Å²) in [4.78, 5) is 53.9. The van der Waals surface area contributed by atoms with Gasteiger partial charge in [-0.25, -0.2) is 14.1 Å². The summed E-state index contributed by atoms with van der Waals surface area (Å²) in [6.07, 6.45) is -5.53. The standard InChI is InChI=1S/C20H11ClF4N4O4/c21-10-7-5-9(6-8-10)15(30)28-19(20(23,24)25)13-14(26-17(19)32)29(18(33)27-16(13)31)12-4-2-1-3-11(12)22/h1-8,13H,(H,28,30)(H,27,31,33). The number of benzene rings is 2. The Hall–Kier alpha value is -3.80. The lowest BCUT2D eigenvalue weighted by Gasteiger charge is -2.39. The van der Waals surface area contributed by atoms with E-state index in [0.29, 0.717) is 4.90 Å². The zero-order chi connectivity index (χ0) is 24.1. The van der Waals surface area contributed by atoms with Gasteiger partial charge in [0, 0.05) is 10.6 Å². The van der Waals surface area contributed by atoms with Gasteiger partial charge in [-0.15, -0.1) is 0 Å². The van der Waals surface area contributed by atoms with Gasteiger partial charge in [0.15, 0.2) is 0 Å². The van der Waals surface area contributed by atoms with E-state index in [2.05, 4.69) is 4.99 Å². The van der Waals surface area contributed by atoms with Crippen LogP contribution in [0.25, 0.3) is 0 Å². The van der Waals surface area contributed by atoms with Crippen LogP contribution in [0.3, 0.4) is 0 Å². The Balaban J connectivity index is 1.83. The monoisotopic (exact) mass is 482 g/mol. The van der Waals surface area contributed by atoms with Crippen LogP contribution in [0, 0.1) is 11.7 Å². The highest BCUT2D eigenvalue weighted by atomic mass is 35.5. The van der Waals surface area contributed by atoms with Crippen molar-refractivity contribution in [1.29, 1.82) is 0 Å². The number of aliphatic imine (C=N–C) groups is 1. The highest BCUT2D eigenvalue weighted by Gasteiger charge is 2.74. The molecule has 2 unspecified atom stereocenters. The Bertz CT molecular complexity index is 1230. The van der Waals surface area contributed by atoms with Crippen molar-refractivity contribution in [3.05, 3.63) is 64.9 Å². The Kier molecular flexibility index (Phi) is 5.20. The van der Waals surface area contributed by atoms with E-state index in [1.807, 2.05) is 0 Å². The fraction of sp³-hybridized carbons (Fsp3) is 0.150. The lowest BCUT2D eigenvalue weighted by Crippen LogP contribution is -2.72. The summed E-state index contributed by atoms with van der Waals surface area (Å²) in [5, 5.41) is 3.46. The summed E-state index contributed by atoms with van der Waals surface area (Å²) in [6.45, 7) is 0. The molecular weight excluding hydrogens is 472 g/mol. The second-order valence-corrected chi connectivity index (χ2v) is 7.49. The van der Waals surface area contributed by atoms with Gasteiger partial charge in [0.2, 0.25) is 11.4 Å². The predicted molar refractivity (Wildman–Crippen MR) is 106 cm³/mol. The minimum absolute atomic E-state index is 0.199. The average molecular weight is 483 g/mol. The quantitative estimate of drug-likeness (QED) is 0.656. The number of anilines is 1. The molecule has 13 heteroatoms. The zero-order valence-electron chi connectivity index (χ0n) is 16.1. The van der Waals surface area contributed by atoms with Crippen molar-refractivity contribution in [1.82, 2.24) is 10.6 Å². The third kappa shape index (κ3) is 3.42. The molecule has 2 aromatic rings. The number of rotatable bonds is 3. The van der Waals surface area contributed by atoms with Gasteiger partial charge in [0.1, 0.15) is 17.6 Å². The van der Waals surface area contributed by atoms with Crippen molar-refractivity contribution in [2.24, 2.45) is 10.9 Å². The summed E-state index contributed by atoms with van der Waals surface area (Å²) in [7, 11) is 0. The van der Waals surface area contributed by atoms with Gasteiger partial charge in [-0.3, -0.25) is 19.7 Å². The first-order chi connectivity index (χ1) is 15.5. The minimum Gasteiger partial charge on any atom is -0.329 e. The zero-order valence-corrected chi connectivity index (χ0v) is 16.9. The third-order valence-electron chi connectivity index (χ3n) is 5.13. The van der Waals surface area contributed by atoms with E-state index in [-0.39, 0.29) is 10.6 Å². The Labute approximate surface area is 187 Å². The normalized spacial score (nSPS) is 22.6. The molecule has 4 rings (SSSR count). The SMILES string of the molecule is O=C(NC1(C(F)(F)F)C(=O)N=C2C1C(=O)NC(=O)N2c1ccccc1F)c1ccc(Cl)cc1. The molecule has 0 aromatic heterocycles. The maximum Gasteiger partial charge on any atom is 0.422 e. The first-order valence-electron chi connectivity index (χ1n) is 9.14. The molecule has 2 aliphatic rings. The molecule has 1 saturated heterocycles. The van der Waals surface area contributed by atoms with Crippen molar-refractivity contribution in [3.8, 4) is 0 Å². The Morgan fingerprint density at radius 1 is 1.09 bits per heavy atom. The lowest BCUT2D eigenvalue weighted by atomic mass is 9.81. The fourth-order valence-corrected chi connectivity index (χ4v) is 3.73. The molecule has 5 amide bonds. The topological polar surface area (TPSA) is 108 Å². The molecule has 2 heterocycles. The van der Waals surface area contributed by atoms with E-state index in [9.17, 15) is 36.7 Å². The molecule has 0 radical (unpaired) electrons. The van der Waals surface area contributed by atoms with Crippen molar-refractivity contribution < 1.29 is 36.7 Å². The van der Waals surface area contributed by atoms with E-state index >= 15 is 0 Å². The van der Waals surface area contributed by atoms with E-state index in [4.69, 9.17) is 11.6 Å². The molecule has 2 aromatic carbocycles. The minimum atomic E-state index is -5.53. The van der Waals surface area contributed by atoms with Crippen LogP contribution in [-0.4, -0.2) is 41.3 Å². The second-order valence-electron chi connectivity index (χ2n) is 7.06. The number of fused-ring (bicyclic) bond motifs is 1. The fourth-order valence-electron chi connectivity index (χ4n) is 3.60. The number of imide groups is 1. The van der Waals surface area contributed by atoms with Gasteiger partial charge in [0.25, 0.3) is 11.8 Å². The van der Waals surface area contributed by atoms with Gasteiger partial charge in [0.05, 0.1) is 5.69 Å². The van der Waals surface area contributed by atoms with E-state index in [1.165, 1.54) is 24.3 Å². The number of carbonyl (C=O) groups is 4. The molecule has 2 atom stereocenters.